The maximum Gasteiger partial charge on any atom is 0.255 e. The van der Waals surface area contributed by atoms with Crippen LogP contribution in [0.15, 0.2) is 60.1 Å². The Kier molecular flexibility index (Phi) is 4.43. The lowest BCUT2D eigenvalue weighted by atomic mass is 9.95. The molecule has 0 fully saturated rings. The highest BCUT2D eigenvalue weighted by atomic mass is 19.1. The summed E-state index contributed by atoms with van der Waals surface area (Å²) in [6, 6.07) is 11.4. The minimum absolute atomic E-state index is 0.271. The lowest BCUT2D eigenvalue weighted by Crippen LogP contribution is -2.31. The third-order valence-electron chi connectivity index (χ3n) is 4.83. The lowest BCUT2D eigenvalue weighted by molar-refractivity contribution is -0.113. The SMILES string of the molecule is CC1=C(C(=O)Nc2ccc(C)cc2C)[C@@H](c2cccc(F)c2)n2ncnc2N1. The van der Waals surface area contributed by atoms with Crippen LogP contribution in [0.5, 0.6) is 0 Å². The molecule has 2 aromatic carbocycles. The van der Waals surface area contributed by atoms with Crippen LogP contribution in [0.2, 0.25) is 0 Å². The molecule has 1 aromatic heterocycles. The highest BCUT2D eigenvalue weighted by Crippen LogP contribution is 2.35. The number of hydrogen-bond donors (Lipinski definition) is 2. The van der Waals surface area contributed by atoms with Gasteiger partial charge in [-0.25, -0.2) is 9.07 Å². The summed E-state index contributed by atoms with van der Waals surface area (Å²) in [6.45, 7) is 5.76. The Morgan fingerprint density at radius 1 is 1.18 bits per heavy atom. The number of fused-ring (bicyclic) bond motifs is 1. The van der Waals surface area contributed by atoms with Gasteiger partial charge in [0.05, 0.1) is 5.57 Å². The van der Waals surface area contributed by atoms with Crippen LogP contribution in [0.25, 0.3) is 0 Å². The number of rotatable bonds is 3. The van der Waals surface area contributed by atoms with E-state index in [-0.39, 0.29) is 11.7 Å². The number of halogens is 1. The van der Waals surface area contributed by atoms with Crippen LogP contribution >= 0.6 is 0 Å². The first-order valence-electron chi connectivity index (χ1n) is 8.95. The van der Waals surface area contributed by atoms with Gasteiger partial charge in [0.15, 0.2) is 0 Å². The molecule has 1 aliphatic heterocycles. The summed E-state index contributed by atoms with van der Waals surface area (Å²) >= 11 is 0. The van der Waals surface area contributed by atoms with E-state index in [9.17, 15) is 9.18 Å². The number of nitrogens with one attached hydrogen (secondary N) is 2. The highest BCUT2D eigenvalue weighted by molar-refractivity contribution is 6.06. The van der Waals surface area contributed by atoms with Gasteiger partial charge in [0.1, 0.15) is 18.2 Å². The van der Waals surface area contributed by atoms with Crippen molar-refractivity contribution in [3.63, 3.8) is 0 Å². The number of aromatic nitrogens is 3. The van der Waals surface area contributed by atoms with Gasteiger partial charge in [-0.1, -0.05) is 29.8 Å². The van der Waals surface area contributed by atoms with Crippen LogP contribution in [0, 0.1) is 19.7 Å². The summed E-state index contributed by atoms with van der Waals surface area (Å²) < 4.78 is 15.5. The van der Waals surface area contributed by atoms with Crippen molar-refractivity contribution in [2.24, 2.45) is 0 Å². The molecule has 0 saturated heterocycles. The first-order chi connectivity index (χ1) is 13.4. The van der Waals surface area contributed by atoms with E-state index in [4.69, 9.17) is 0 Å². The molecule has 3 aromatic rings. The fourth-order valence-corrected chi connectivity index (χ4v) is 3.51. The number of aryl methyl sites for hydroxylation is 2. The Hall–Kier alpha value is -3.48. The number of hydrogen-bond acceptors (Lipinski definition) is 4. The van der Waals surface area contributed by atoms with E-state index in [1.807, 2.05) is 32.0 Å². The van der Waals surface area contributed by atoms with E-state index in [0.717, 1.165) is 16.8 Å². The van der Waals surface area contributed by atoms with E-state index in [2.05, 4.69) is 20.7 Å². The van der Waals surface area contributed by atoms with Crippen LogP contribution in [0.3, 0.4) is 0 Å². The van der Waals surface area contributed by atoms with Gasteiger partial charge >= 0.3 is 0 Å². The topological polar surface area (TPSA) is 71.8 Å². The molecule has 142 valence electrons. The molecule has 7 heteroatoms. The van der Waals surface area contributed by atoms with Crippen LogP contribution in [-0.4, -0.2) is 20.7 Å². The molecule has 0 unspecified atom stereocenters. The minimum atomic E-state index is -0.583. The first kappa shape index (κ1) is 17.9. The minimum Gasteiger partial charge on any atom is -0.328 e. The average Bonchev–Trinajstić information content (AvgIpc) is 3.10. The lowest BCUT2D eigenvalue weighted by Gasteiger charge is -2.29. The van der Waals surface area contributed by atoms with Crippen molar-refractivity contribution < 1.29 is 9.18 Å². The van der Waals surface area contributed by atoms with Gasteiger partial charge in [-0.2, -0.15) is 10.1 Å². The molecule has 0 aliphatic carbocycles. The van der Waals surface area contributed by atoms with Gasteiger partial charge in [-0.05, 0) is 50.1 Å². The molecule has 28 heavy (non-hydrogen) atoms. The molecule has 1 atom stereocenters. The Balaban J connectivity index is 1.77. The molecule has 0 spiro atoms. The molecule has 0 bridgehead atoms. The molecular formula is C21H20FN5O. The van der Waals surface area contributed by atoms with E-state index >= 15 is 0 Å². The Morgan fingerprint density at radius 3 is 2.75 bits per heavy atom. The van der Waals surface area contributed by atoms with E-state index in [1.165, 1.54) is 18.5 Å². The number of nitrogens with zero attached hydrogens (tertiary/aromatic N) is 3. The zero-order valence-corrected chi connectivity index (χ0v) is 15.8. The number of benzene rings is 2. The second-order valence-electron chi connectivity index (χ2n) is 6.92. The van der Waals surface area contributed by atoms with E-state index in [0.29, 0.717) is 22.8 Å². The second-order valence-corrected chi connectivity index (χ2v) is 6.92. The van der Waals surface area contributed by atoms with Gasteiger partial charge in [0.2, 0.25) is 5.95 Å². The molecule has 1 amide bonds. The van der Waals surface area contributed by atoms with Gasteiger partial charge in [0, 0.05) is 11.4 Å². The monoisotopic (exact) mass is 377 g/mol. The Morgan fingerprint density at radius 2 is 2.00 bits per heavy atom. The second kappa shape index (κ2) is 6.92. The van der Waals surface area contributed by atoms with Crippen LogP contribution < -0.4 is 10.6 Å². The van der Waals surface area contributed by atoms with Crippen LogP contribution in [0.1, 0.15) is 29.7 Å². The molecule has 6 nitrogen and oxygen atoms in total. The van der Waals surface area contributed by atoms with Crippen molar-refractivity contribution in [3.8, 4) is 0 Å². The fraction of sp³-hybridized carbons (Fsp3) is 0.190. The maximum absolute atomic E-state index is 13.9. The standard InChI is InChI=1S/C21H20FN5O/c1-12-7-8-17(13(2)9-12)26-20(28)18-14(3)25-21-23-11-24-27(21)19(18)15-5-4-6-16(22)10-15/h4-11,19H,1-3H3,(H,26,28)(H,23,24,25)/t19-/m1/s1. The molecule has 0 saturated carbocycles. The molecule has 2 heterocycles. The van der Waals surface area contributed by atoms with Gasteiger partial charge in [-0.15, -0.1) is 0 Å². The first-order valence-corrected chi connectivity index (χ1v) is 8.95. The van der Waals surface area contributed by atoms with Crippen molar-refractivity contribution in [1.82, 2.24) is 14.8 Å². The third-order valence-corrected chi connectivity index (χ3v) is 4.83. The number of carbonyl (C=O) groups excluding carboxylic acids is 1. The fourth-order valence-electron chi connectivity index (χ4n) is 3.51. The summed E-state index contributed by atoms with van der Waals surface area (Å²) in [4.78, 5) is 17.4. The zero-order chi connectivity index (χ0) is 19.8. The van der Waals surface area contributed by atoms with Gasteiger partial charge < -0.3 is 10.6 Å². The highest BCUT2D eigenvalue weighted by Gasteiger charge is 2.33. The normalized spacial score (nSPS) is 15.8. The van der Waals surface area contributed by atoms with Crippen LogP contribution in [-0.2, 0) is 4.79 Å². The third kappa shape index (κ3) is 3.15. The van der Waals surface area contributed by atoms with Crippen LogP contribution in [0.4, 0.5) is 16.0 Å². The Labute approximate surface area is 162 Å². The summed E-state index contributed by atoms with van der Waals surface area (Å²) in [5, 5.41) is 10.3. The van der Waals surface area contributed by atoms with Crippen molar-refractivity contribution in [2.45, 2.75) is 26.8 Å². The van der Waals surface area contributed by atoms with Crippen molar-refractivity contribution in [1.29, 1.82) is 0 Å². The number of amides is 1. The Bertz CT molecular complexity index is 1100. The van der Waals surface area contributed by atoms with E-state index in [1.54, 1.807) is 23.7 Å². The number of anilines is 2. The molecular weight excluding hydrogens is 357 g/mol. The smallest absolute Gasteiger partial charge is 0.255 e. The summed E-state index contributed by atoms with van der Waals surface area (Å²) in [5.74, 6) is -0.133. The predicted molar refractivity (Wildman–Crippen MR) is 105 cm³/mol. The van der Waals surface area contributed by atoms with Crippen molar-refractivity contribution >= 4 is 17.5 Å². The average molecular weight is 377 g/mol. The maximum atomic E-state index is 13.9. The molecule has 2 N–H and O–H groups in total. The van der Waals surface area contributed by atoms with Crippen molar-refractivity contribution in [3.05, 3.63) is 82.6 Å². The predicted octanol–water partition coefficient (Wildman–Crippen LogP) is 3.96. The largest absolute Gasteiger partial charge is 0.328 e. The summed E-state index contributed by atoms with van der Waals surface area (Å²) in [6.07, 6.45) is 1.41. The summed E-state index contributed by atoms with van der Waals surface area (Å²) in [5.41, 5.74) is 4.56. The van der Waals surface area contributed by atoms with Gasteiger partial charge in [-0.3, -0.25) is 4.79 Å². The molecule has 0 radical (unpaired) electrons. The quantitative estimate of drug-likeness (QED) is 0.725. The summed E-state index contributed by atoms with van der Waals surface area (Å²) in [7, 11) is 0. The zero-order valence-electron chi connectivity index (χ0n) is 15.8. The number of carbonyl (C=O) groups is 1. The molecule has 4 rings (SSSR count). The van der Waals surface area contributed by atoms with E-state index < -0.39 is 6.04 Å². The number of allylic oxidation sites excluding steroid dienone is 1. The molecule has 1 aliphatic rings. The van der Waals surface area contributed by atoms with Gasteiger partial charge in [0.25, 0.3) is 5.91 Å². The van der Waals surface area contributed by atoms with Crippen molar-refractivity contribution in [2.75, 3.05) is 10.6 Å².